The number of aliphatic hydroxyl groups excluding tert-OH is 1. The number of Topliss-reactive ketones (excluding diaryl/α,β-unsaturated/α-hetero) is 1. The third-order valence-electron chi connectivity index (χ3n) is 5.64. The van der Waals surface area contributed by atoms with Gasteiger partial charge in [-0.05, 0) is 54.4 Å². The Hall–Kier alpha value is -3.79. The van der Waals surface area contributed by atoms with E-state index in [1.807, 2.05) is 0 Å². The van der Waals surface area contributed by atoms with Gasteiger partial charge in [-0.2, -0.15) is 0 Å². The van der Waals surface area contributed by atoms with Gasteiger partial charge in [0.25, 0.3) is 11.7 Å². The standard InChI is InChI=1S/C26H19BrF3NO5/c1-14-12-16(8-11-20(14)27)23(32)21-22(15-6-9-18(35-2)10-7-15)31(25(34)24(21)33)17-4-3-5-19(13-17)36-26(28,29)30/h3-13,22,32H,1-2H3/b23-21+. The zero-order valence-corrected chi connectivity index (χ0v) is 20.6. The minimum atomic E-state index is -4.94. The van der Waals surface area contributed by atoms with Gasteiger partial charge in [-0.1, -0.05) is 40.2 Å². The average Bonchev–Trinajstić information content (AvgIpc) is 3.10. The fraction of sp³-hybridized carbons (Fsp3) is 0.154. The highest BCUT2D eigenvalue weighted by Gasteiger charge is 2.47. The number of carbonyl (C=O) groups excluding carboxylic acids is 2. The van der Waals surface area contributed by atoms with Crippen LogP contribution in [0.5, 0.6) is 11.5 Å². The predicted octanol–water partition coefficient (Wildman–Crippen LogP) is 6.29. The molecule has 0 bridgehead atoms. The molecule has 10 heteroatoms. The number of nitrogens with zero attached hydrogens (tertiary/aromatic N) is 1. The molecule has 1 atom stereocenters. The van der Waals surface area contributed by atoms with Crippen LogP contribution in [0.4, 0.5) is 18.9 Å². The summed E-state index contributed by atoms with van der Waals surface area (Å²) in [5.74, 6) is -2.43. The minimum absolute atomic E-state index is 0.00861. The highest BCUT2D eigenvalue weighted by molar-refractivity contribution is 9.10. The fourth-order valence-electron chi connectivity index (χ4n) is 3.98. The van der Waals surface area contributed by atoms with Gasteiger partial charge in [-0.25, -0.2) is 0 Å². The molecule has 1 heterocycles. The summed E-state index contributed by atoms with van der Waals surface area (Å²) >= 11 is 3.38. The van der Waals surface area contributed by atoms with Gasteiger partial charge in [0.05, 0.1) is 18.7 Å². The summed E-state index contributed by atoms with van der Waals surface area (Å²) in [4.78, 5) is 27.5. The summed E-state index contributed by atoms with van der Waals surface area (Å²) in [5.41, 5.74) is 1.32. The van der Waals surface area contributed by atoms with Crippen molar-refractivity contribution in [1.82, 2.24) is 0 Å². The molecule has 4 rings (SSSR count). The normalized spacial score (nSPS) is 17.4. The molecule has 0 radical (unpaired) electrons. The second-order valence-corrected chi connectivity index (χ2v) is 8.81. The zero-order chi connectivity index (χ0) is 26.2. The lowest BCUT2D eigenvalue weighted by atomic mass is 9.94. The summed E-state index contributed by atoms with van der Waals surface area (Å²) in [6, 6.07) is 15.0. The molecule has 1 unspecified atom stereocenters. The maximum atomic E-state index is 13.2. The van der Waals surface area contributed by atoms with E-state index < -0.39 is 35.6 Å². The van der Waals surface area contributed by atoms with Crippen LogP contribution >= 0.6 is 15.9 Å². The van der Waals surface area contributed by atoms with Gasteiger partial charge in [0.15, 0.2) is 0 Å². The first kappa shape index (κ1) is 25.3. The first-order valence-corrected chi connectivity index (χ1v) is 11.4. The number of aryl methyl sites for hydroxylation is 1. The molecule has 186 valence electrons. The second kappa shape index (κ2) is 9.69. The van der Waals surface area contributed by atoms with Gasteiger partial charge >= 0.3 is 6.36 Å². The predicted molar refractivity (Wildman–Crippen MR) is 130 cm³/mol. The molecule has 36 heavy (non-hydrogen) atoms. The second-order valence-electron chi connectivity index (χ2n) is 7.95. The number of hydrogen-bond donors (Lipinski definition) is 1. The third-order valence-corrected chi connectivity index (χ3v) is 6.53. The van der Waals surface area contributed by atoms with Crippen LogP contribution in [0.3, 0.4) is 0 Å². The molecule has 0 aliphatic carbocycles. The number of halogens is 4. The smallest absolute Gasteiger partial charge is 0.507 e. The summed E-state index contributed by atoms with van der Waals surface area (Å²) in [7, 11) is 1.48. The molecular formula is C26H19BrF3NO5. The van der Waals surface area contributed by atoms with Gasteiger partial charge in [0.2, 0.25) is 0 Å². The van der Waals surface area contributed by atoms with E-state index in [9.17, 15) is 27.9 Å². The van der Waals surface area contributed by atoms with Crippen molar-refractivity contribution in [2.45, 2.75) is 19.3 Å². The lowest BCUT2D eigenvalue weighted by molar-refractivity contribution is -0.274. The molecule has 6 nitrogen and oxygen atoms in total. The Balaban J connectivity index is 1.91. The Morgan fingerprint density at radius 2 is 1.69 bits per heavy atom. The lowest BCUT2D eigenvalue weighted by Gasteiger charge is -2.26. The Labute approximate surface area is 212 Å². The van der Waals surface area contributed by atoms with Crippen LogP contribution in [0.2, 0.25) is 0 Å². The number of alkyl halides is 3. The van der Waals surface area contributed by atoms with E-state index in [0.717, 1.165) is 27.1 Å². The topological polar surface area (TPSA) is 76.1 Å². The Morgan fingerprint density at radius 1 is 1.00 bits per heavy atom. The Bertz CT molecular complexity index is 1370. The number of aliphatic hydroxyl groups is 1. The first-order valence-electron chi connectivity index (χ1n) is 10.6. The number of benzene rings is 3. The summed E-state index contributed by atoms with van der Waals surface area (Å²) in [6.45, 7) is 1.80. The van der Waals surface area contributed by atoms with Crippen LogP contribution in [-0.4, -0.2) is 30.3 Å². The minimum Gasteiger partial charge on any atom is -0.507 e. The number of ether oxygens (including phenoxy) is 2. The maximum Gasteiger partial charge on any atom is 0.573 e. The molecular weight excluding hydrogens is 543 g/mol. The molecule has 1 N–H and O–H groups in total. The van der Waals surface area contributed by atoms with Crippen LogP contribution in [0.25, 0.3) is 5.76 Å². The van der Waals surface area contributed by atoms with E-state index in [1.54, 1.807) is 49.4 Å². The molecule has 1 aliphatic heterocycles. The number of hydrogen-bond acceptors (Lipinski definition) is 5. The van der Waals surface area contributed by atoms with Crippen molar-refractivity contribution in [3.8, 4) is 11.5 Å². The van der Waals surface area contributed by atoms with Crippen LogP contribution in [0, 0.1) is 6.92 Å². The van der Waals surface area contributed by atoms with Crippen molar-refractivity contribution in [1.29, 1.82) is 0 Å². The molecule has 0 spiro atoms. The molecule has 3 aromatic rings. The monoisotopic (exact) mass is 561 g/mol. The number of ketones is 1. The van der Waals surface area contributed by atoms with Crippen LogP contribution < -0.4 is 14.4 Å². The number of carbonyl (C=O) groups is 2. The molecule has 0 saturated carbocycles. The van der Waals surface area contributed by atoms with E-state index in [2.05, 4.69) is 20.7 Å². The van der Waals surface area contributed by atoms with Crippen molar-refractivity contribution in [3.05, 3.63) is 93.5 Å². The van der Waals surface area contributed by atoms with Crippen molar-refractivity contribution >= 4 is 39.1 Å². The van der Waals surface area contributed by atoms with Crippen LogP contribution in [-0.2, 0) is 9.59 Å². The Kier molecular flexibility index (Phi) is 6.81. The van der Waals surface area contributed by atoms with Gasteiger partial charge in [0.1, 0.15) is 17.3 Å². The highest BCUT2D eigenvalue weighted by Crippen LogP contribution is 2.43. The van der Waals surface area contributed by atoms with E-state index >= 15 is 0 Å². The highest BCUT2D eigenvalue weighted by atomic mass is 79.9. The molecule has 1 saturated heterocycles. The van der Waals surface area contributed by atoms with Crippen molar-refractivity contribution in [2.75, 3.05) is 12.0 Å². The summed E-state index contributed by atoms with van der Waals surface area (Å²) in [5, 5.41) is 11.2. The number of anilines is 1. The van der Waals surface area contributed by atoms with Gasteiger partial charge < -0.3 is 14.6 Å². The van der Waals surface area contributed by atoms with Crippen molar-refractivity contribution in [2.24, 2.45) is 0 Å². The van der Waals surface area contributed by atoms with Crippen molar-refractivity contribution < 1.29 is 37.3 Å². The molecule has 1 amide bonds. The maximum absolute atomic E-state index is 13.2. The lowest BCUT2D eigenvalue weighted by Crippen LogP contribution is -2.29. The molecule has 0 aromatic heterocycles. The number of rotatable bonds is 5. The van der Waals surface area contributed by atoms with E-state index in [0.29, 0.717) is 16.9 Å². The quantitative estimate of drug-likeness (QED) is 0.225. The molecule has 1 fully saturated rings. The fourth-order valence-corrected chi connectivity index (χ4v) is 4.23. The first-order chi connectivity index (χ1) is 17.0. The number of methoxy groups -OCH3 is 1. The average molecular weight is 562 g/mol. The van der Waals surface area contributed by atoms with E-state index in [1.165, 1.54) is 19.2 Å². The SMILES string of the molecule is COc1ccc(C2/C(=C(\O)c3ccc(Br)c(C)c3)C(=O)C(=O)N2c2cccc(OC(F)(F)F)c2)cc1. The summed E-state index contributed by atoms with van der Waals surface area (Å²) in [6.07, 6.45) is -4.94. The van der Waals surface area contributed by atoms with Gasteiger partial charge in [-0.3, -0.25) is 14.5 Å². The molecule has 3 aromatic carbocycles. The van der Waals surface area contributed by atoms with E-state index in [4.69, 9.17) is 4.74 Å². The van der Waals surface area contributed by atoms with Crippen LogP contribution in [0.15, 0.2) is 76.8 Å². The largest absolute Gasteiger partial charge is 0.573 e. The van der Waals surface area contributed by atoms with Crippen LogP contribution in [0.1, 0.15) is 22.7 Å². The Morgan fingerprint density at radius 3 is 2.31 bits per heavy atom. The van der Waals surface area contributed by atoms with E-state index in [-0.39, 0.29) is 11.3 Å². The number of amides is 1. The summed E-state index contributed by atoms with van der Waals surface area (Å²) < 4.78 is 48.4. The third kappa shape index (κ3) is 4.94. The zero-order valence-electron chi connectivity index (χ0n) is 19.0. The van der Waals surface area contributed by atoms with Gasteiger partial charge in [0, 0.05) is 21.8 Å². The van der Waals surface area contributed by atoms with Gasteiger partial charge in [-0.15, -0.1) is 13.2 Å². The molecule has 1 aliphatic rings. The van der Waals surface area contributed by atoms with Crippen molar-refractivity contribution in [3.63, 3.8) is 0 Å².